The largest absolute Gasteiger partial charge is 0.490 e. The molecule has 170 valence electrons. The molecule has 1 aliphatic heterocycles. The lowest BCUT2D eigenvalue weighted by molar-refractivity contribution is -0.126. The molecule has 0 aliphatic carbocycles. The fourth-order valence-corrected chi connectivity index (χ4v) is 3.59. The summed E-state index contributed by atoms with van der Waals surface area (Å²) in [5.74, 6) is 0.647. The Morgan fingerprint density at radius 3 is 2.28 bits per heavy atom. The molecule has 2 aromatic carbocycles. The quantitative estimate of drug-likeness (QED) is 0.455. The Bertz CT molecular complexity index is 997. The van der Waals surface area contributed by atoms with Crippen LogP contribution in [0.15, 0.2) is 42.5 Å². The molecule has 7 heteroatoms. The van der Waals surface area contributed by atoms with Crippen LogP contribution in [0.5, 0.6) is 11.5 Å². The second kappa shape index (κ2) is 10.8. The number of benzene rings is 2. The minimum absolute atomic E-state index is 0.0936. The molecule has 1 aliphatic rings. The molecule has 0 unspecified atom stereocenters. The fourth-order valence-electron chi connectivity index (χ4n) is 3.59. The van der Waals surface area contributed by atoms with Gasteiger partial charge in [0.25, 0.3) is 0 Å². The average Bonchev–Trinajstić information content (AvgIpc) is 2.79. The summed E-state index contributed by atoms with van der Waals surface area (Å²) in [6.45, 7) is 8.33. The number of halogens is 1. The van der Waals surface area contributed by atoms with Gasteiger partial charge < -0.3 is 19.3 Å². The second-order valence-electron chi connectivity index (χ2n) is 7.44. The van der Waals surface area contributed by atoms with Gasteiger partial charge in [0.1, 0.15) is 5.82 Å². The third-order valence-corrected chi connectivity index (χ3v) is 5.27. The molecule has 0 N–H and O–H groups in total. The van der Waals surface area contributed by atoms with E-state index in [1.54, 1.807) is 29.2 Å². The normalized spacial score (nSPS) is 14.0. The number of amides is 1. The van der Waals surface area contributed by atoms with Gasteiger partial charge in [-0.1, -0.05) is 6.07 Å². The van der Waals surface area contributed by atoms with Crippen molar-refractivity contribution in [2.24, 2.45) is 0 Å². The maximum absolute atomic E-state index is 14.4. The van der Waals surface area contributed by atoms with E-state index in [2.05, 4.69) is 0 Å². The van der Waals surface area contributed by atoms with Crippen LogP contribution in [0.25, 0.3) is 6.08 Å². The zero-order valence-electron chi connectivity index (χ0n) is 18.8. The second-order valence-corrected chi connectivity index (χ2v) is 7.44. The Morgan fingerprint density at radius 2 is 1.66 bits per heavy atom. The number of carbonyl (C=O) groups excluding carboxylic acids is 2. The van der Waals surface area contributed by atoms with Gasteiger partial charge in [-0.15, -0.1) is 0 Å². The monoisotopic (exact) mass is 440 g/mol. The van der Waals surface area contributed by atoms with Crippen LogP contribution < -0.4 is 14.4 Å². The molecular formula is C25H29FN2O4. The number of Topliss-reactive ketones (excluding diaryl/α,β-unsaturated/α-hetero) is 1. The predicted molar refractivity (Wildman–Crippen MR) is 123 cm³/mol. The molecule has 0 bridgehead atoms. The fraction of sp³-hybridized carbons (Fsp3) is 0.360. The molecule has 0 aromatic heterocycles. The first-order chi connectivity index (χ1) is 15.4. The first-order valence-electron chi connectivity index (χ1n) is 10.8. The lowest BCUT2D eigenvalue weighted by Crippen LogP contribution is -2.48. The van der Waals surface area contributed by atoms with Crippen molar-refractivity contribution in [2.75, 3.05) is 44.3 Å². The van der Waals surface area contributed by atoms with Crippen molar-refractivity contribution in [3.63, 3.8) is 0 Å². The number of ketones is 1. The van der Waals surface area contributed by atoms with E-state index >= 15 is 0 Å². The number of rotatable bonds is 8. The van der Waals surface area contributed by atoms with Crippen molar-refractivity contribution < 1.29 is 23.5 Å². The summed E-state index contributed by atoms with van der Waals surface area (Å²) in [5.41, 5.74) is 1.65. The van der Waals surface area contributed by atoms with E-state index in [0.29, 0.717) is 62.1 Å². The van der Waals surface area contributed by atoms with Crippen LogP contribution in [-0.2, 0) is 4.79 Å². The highest BCUT2D eigenvalue weighted by atomic mass is 19.1. The lowest BCUT2D eigenvalue weighted by atomic mass is 10.1. The van der Waals surface area contributed by atoms with Gasteiger partial charge >= 0.3 is 0 Å². The van der Waals surface area contributed by atoms with Crippen molar-refractivity contribution in [1.82, 2.24) is 4.90 Å². The minimum atomic E-state index is -0.419. The maximum atomic E-state index is 14.4. The van der Waals surface area contributed by atoms with Crippen molar-refractivity contribution in [3.05, 3.63) is 59.4 Å². The van der Waals surface area contributed by atoms with E-state index in [0.717, 1.165) is 5.56 Å². The van der Waals surface area contributed by atoms with E-state index in [9.17, 15) is 14.0 Å². The number of anilines is 1. The first-order valence-corrected chi connectivity index (χ1v) is 10.8. The van der Waals surface area contributed by atoms with Crippen molar-refractivity contribution in [3.8, 4) is 11.5 Å². The average molecular weight is 441 g/mol. The Labute approximate surface area is 188 Å². The van der Waals surface area contributed by atoms with E-state index in [-0.39, 0.29) is 11.7 Å². The van der Waals surface area contributed by atoms with Crippen LogP contribution >= 0.6 is 0 Å². The zero-order chi connectivity index (χ0) is 23.1. The number of nitrogens with zero attached hydrogens (tertiary/aromatic N) is 2. The molecule has 6 nitrogen and oxygen atoms in total. The van der Waals surface area contributed by atoms with Gasteiger partial charge in [-0.3, -0.25) is 9.59 Å². The third-order valence-electron chi connectivity index (χ3n) is 5.27. The number of carbonyl (C=O) groups is 2. The third kappa shape index (κ3) is 5.66. The molecule has 0 saturated carbocycles. The standard InChI is InChI=1S/C25H29FN2O4/c1-4-31-23-10-6-19(16-24(23)32-5-2)7-11-25(30)28-14-12-27(13-15-28)22-9-8-20(18(3)29)17-21(22)26/h6-11,16-17H,4-5,12-15H2,1-3H3/b11-7+. The molecule has 32 heavy (non-hydrogen) atoms. The highest BCUT2D eigenvalue weighted by molar-refractivity contribution is 5.94. The lowest BCUT2D eigenvalue weighted by Gasteiger charge is -2.35. The van der Waals surface area contributed by atoms with Crippen LogP contribution in [0, 0.1) is 5.82 Å². The van der Waals surface area contributed by atoms with E-state index in [1.807, 2.05) is 36.9 Å². The van der Waals surface area contributed by atoms with E-state index < -0.39 is 5.82 Å². The van der Waals surface area contributed by atoms with Crippen LogP contribution in [0.2, 0.25) is 0 Å². The number of piperazine rings is 1. The van der Waals surface area contributed by atoms with Crippen LogP contribution in [-0.4, -0.2) is 56.0 Å². The topological polar surface area (TPSA) is 59.1 Å². The Hall–Kier alpha value is -3.35. The Kier molecular flexibility index (Phi) is 7.87. The molecule has 1 amide bonds. The van der Waals surface area contributed by atoms with Gasteiger partial charge in [-0.2, -0.15) is 0 Å². The number of hydrogen-bond donors (Lipinski definition) is 0. The summed E-state index contributed by atoms with van der Waals surface area (Å²) in [5, 5.41) is 0. The molecule has 3 rings (SSSR count). The molecule has 0 radical (unpaired) electrons. The van der Waals surface area contributed by atoms with Gasteiger partial charge in [0.15, 0.2) is 17.3 Å². The zero-order valence-corrected chi connectivity index (χ0v) is 18.8. The van der Waals surface area contributed by atoms with E-state index in [4.69, 9.17) is 9.47 Å². The summed E-state index contributed by atoms with van der Waals surface area (Å²) in [6.07, 6.45) is 3.30. The number of hydrogen-bond acceptors (Lipinski definition) is 5. The predicted octanol–water partition coefficient (Wildman–Crippen LogP) is 4.19. The van der Waals surface area contributed by atoms with Crippen molar-refractivity contribution >= 4 is 23.5 Å². The van der Waals surface area contributed by atoms with Crippen LogP contribution in [0.4, 0.5) is 10.1 Å². The van der Waals surface area contributed by atoms with Crippen LogP contribution in [0.3, 0.4) is 0 Å². The first kappa shape index (κ1) is 23.3. The molecule has 1 fully saturated rings. The van der Waals surface area contributed by atoms with Gasteiger partial charge in [-0.25, -0.2) is 4.39 Å². The van der Waals surface area contributed by atoms with Crippen molar-refractivity contribution in [1.29, 1.82) is 0 Å². The summed E-state index contributed by atoms with van der Waals surface area (Å²) in [6, 6.07) is 10.1. The molecule has 0 spiro atoms. The van der Waals surface area contributed by atoms with E-state index in [1.165, 1.54) is 13.0 Å². The van der Waals surface area contributed by atoms with Gasteiger partial charge in [0.05, 0.1) is 18.9 Å². The SMILES string of the molecule is CCOc1ccc(/C=C/C(=O)N2CCN(c3ccc(C(C)=O)cc3F)CC2)cc1OCC. The summed E-state index contributed by atoms with van der Waals surface area (Å²) < 4.78 is 25.6. The smallest absolute Gasteiger partial charge is 0.246 e. The van der Waals surface area contributed by atoms with Crippen molar-refractivity contribution in [2.45, 2.75) is 20.8 Å². The summed E-state index contributed by atoms with van der Waals surface area (Å²) in [4.78, 5) is 27.7. The summed E-state index contributed by atoms with van der Waals surface area (Å²) in [7, 11) is 0. The highest BCUT2D eigenvalue weighted by Gasteiger charge is 2.22. The van der Waals surface area contributed by atoms with Gasteiger partial charge in [0.2, 0.25) is 5.91 Å². The van der Waals surface area contributed by atoms with Gasteiger partial charge in [0, 0.05) is 37.8 Å². The number of ether oxygens (including phenoxy) is 2. The molecule has 2 aromatic rings. The molecule has 1 heterocycles. The molecule has 0 atom stereocenters. The van der Waals surface area contributed by atoms with Crippen LogP contribution in [0.1, 0.15) is 36.7 Å². The minimum Gasteiger partial charge on any atom is -0.490 e. The Morgan fingerprint density at radius 1 is 0.969 bits per heavy atom. The van der Waals surface area contributed by atoms with Gasteiger partial charge in [-0.05, 0) is 62.7 Å². The Balaban J connectivity index is 1.60. The maximum Gasteiger partial charge on any atom is 0.246 e. The summed E-state index contributed by atoms with van der Waals surface area (Å²) >= 11 is 0. The molecular weight excluding hydrogens is 411 g/mol. The molecule has 1 saturated heterocycles. The highest BCUT2D eigenvalue weighted by Crippen LogP contribution is 2.29.